The summed E-state index contributed by atoms with van der Waals surface area (Å²) >= 11 is 0. The number of nitrogens with one attached hydrogen (secondary N) is 1. The topological polar surface area (TPSA) is 119 Å². The Morgan fingerprint density at radius 3 is 2.24 bits per heavy atom. The summed E-state index contributed by atoms with van der Waals surface area (Å²) in [4.78, 5) is 50.9. The molecule has 0 radical (unpaired) electrons. The van der Waals surface area contributed by atoms with Crippen LogP contribution in [0.5, 0.6) is 0 Å². The lowest BCUT2D eigenvalue weighted by atomic mass is 9.34. The second kappa shape index (κ2) is 10.8. The maximum absolute atomic E-state index is 13.6. The number of carbonyl (C=O) groups excluding carboxylic acids is 3. The molecule has 4 saturated carbocycles. The zero-order chi connectivity index (χ0) is 33.5. The molecule has 8 heteroatoms. The van der Waals surface area contributed by atoms with Gasteiger partial charge in [-0.05, 0) is 105 Å². The molecule has 0 aromatic carbocycles. The quantitative estimate of drug-likeness (QED) is 0.231. The van der Waals surface area contributed by atoms with Gasteiger partial charge in [0.25, 0.3) is 0 Å². The van der Waals surface area contributed by atoms with Crippen LogP contribution >= 0.6 is 0 Å². The predicted octanol–water partition coefficient (Wildman–Crippen LogP) is 7.49. The van der Waals surface area contributed by atoms with E-state index in [-0.39, 0.29) is 51.8 Å². The van der Waals surface area contributed by atoms with Gasteiger partial charge in [0.1, 0.15) is 11.9 Å². The van der Waals surface area contributed by atoms with Crippen molar-refractivity contribution in [1.29, 1.82) is 0 Å². The summed E-state index contributed by atoms with van der Waals surface area (Å²) in [5, 5.41) is 12.7. The minimum atomic E-state index is -1.16. The highest BCUT2D eigenvalue weighted by atomic mass is 16.5. The van der Waals surface area contributed by atoms with E-state index >= 15 is 0 Å². The van der Waals surface area contributed by atoms with Gasteiger partial charge in [0.15, 0.2) is 0 Å². The number of methoxy groups -OCH3 is 1. The number of aliphatic carboxylic acids is 1. The van der Waals surface area contributed by atoms with Crippen molar-refractivity contribution in [2.45, 2.75) is 138 Å². The van der Waals surface area contributed by atoms with E-state index in [0.717, 1.165) is 51.4 Å². The number of hydrogen-bond acceptors (Lipinski definition) is 6. The molecule has 1 unspecified atom stereocenters. The van der Waals surface area contributed by atoms with Gasteiger partial charge in [-0.15, -0.1) is 0 Å². The number of carboxylic acid groups (broad SMARTS) is 1. The van der Waals surface area contributed by atoms with Crippen LogP contribution in [0.2, 0.25) is 0 Å². The average molecular weight is 628 g/mol. The molecule has 45 heavy (non-hydrogen) atoms. The third-order valence-corrected chi connectivity index (χ3v) is 14.3. The zero-order valence-corrected chi connectivity index (χ0v) is 29.4. The van der Waals surface area contributed by atoms with Gasteiger partial charge in [-0.2, -0.15) is 0 Å². The normalized spacial score (nSPS) is 40.6. The van der Waals surface area contributed by atoms with Gasteiger partial charge in [0, 0.05) is 17.8 Å². The summed E-state index contributed by atoms with van der Waals surface area (Å²) in [5.74, 6) is -0.387. The molecule has 5 rings (SSSR count). The van der Waals surface area contributed by atoms with E-state index in [1.165, 1.54) is 18.3 Å². The number of amides is 1. The smallest absolute Gasteiger partial charge is 0.407 e. The summed E-state index contributed by atoms with van der Waals surface area (Å²) in [6.07, 6.45) is 6.94. The first-order chi connectivity index (χ1) is 20.7. The Balaban J connectivity index is 1.48. The summed E-state index contributed by atoms with van der Waals surface area (Å²) in [6, 6.07) is 0. The van der Waals surface area contributed by atoms with E-state index in [0.29, 0.717) is 18.3 Å². The Bertz CT molecular complexity index is 1310. The maximum atomic E-state index is 13.6. The van der Waals surface area contributed by atoms with Gasteiger partial charge in [-0.25, -0.2) is 4.79 Å². The van der Waals surface area contributed by atoms with Gasteiger partial charge in [0.2, 0.25) is 0 Å². The first kappa shape index (κ1) is 34.0. The standard InChI is InChI=1S/C37H57NO7/c1-21(2)28-23(39)19-37(38-31(43)44-10)18-17-35(8)22(29(28)37)11-12-25-34(7)15-14-26(45-27(40)20-32(3,4)30(41)42)33(5,6)24(34)13-16-36(25,35)9/h21,24-26,28H,11-20H2,1-10H3,(H,38,43)(H,41,42)/t24-,25+,26-,28?,34-,35+,36+,37+/m0/s1. The number of carbonyl (C=O) groups is 4. The molecule has 0 aromatic heterocycles. The molecule has 0 aliphatic heterocycles. The second-order valence-corrected chi connectivity index (χ2v) is 17.6. The molecule has 2 N–H and O–H groups in total. The Morgan fingerprint density at radius 2 is 1.64 bits per heavy atom. The maximum Gasteiger partial charge on any atom is 0.407 e. The van der Waals surface area contributed by atoms with Crippen molar-refractivity contribution < 1.29 is 33.8 Å². The Hall–Kier alpha value is -2.38. The molecule has 8 atom stereocenters. The number of rotatable bonds is 6. The molecule has 0 bridgehead atoms. The van der Waals surface area contributed by atoms with Crippen molar-refractivity contribution in [3.8, 4) is 0 Å². The van der Waals surface area contributed by atoms with Crippen molar-refractivity contribution in [2.75, 3.05) is 7.11 Å². The van der Waals surface area contributed by atoms with Crippen LogP contribution in [-0.4, -0.2) is 47.7 Å². The molecule has 8 nitrogen and oxygen atoms in total. The highest BCUT2D eigenvalue weighted by molar-refractivity contribution is 5.92. The van der Waals surface area contributed by atoms with E-state index in [4.69, 9.17) is 9.47 Å². The zero-order valence-electron chi connectivity index (χ0n) is 29.4. The van der Waals surface area contributed by atoms with E-state index in [1.807, 2.05) is 0 Å². The number of fused-ring (bicyclic) bond motifs is 6. The highest BCUT2D eigenvalue weighted by Gasteiger charge is 2.69. The number of allylic oxidation sites excluding steroid dienone is 1. The van der Waals surface area contributed by atoms with E-state index < -0.39 is 29.0 Å². The molecule has 0 aromatic rings. The molecule has 0 heterocycles. The first-order valence-electron chi connectivity index (χ1n) is 17.3. The first-order valence-corrected chi connectivity index (χ1v) is 17.3. The number of Topliss-reactive ketones (excluding diaryl/α,β-unsaturated/α-hetero) is 1. The lowest BCUT2D eigenvalue weighted by molar-refractivity contribution is -0.214. The van der Waals surface area contributed by atoms with E-state index in [9.17, 15) is 24.3 Å². The SMILES string of the molecule is COC(=O)N[C@@]12CC[C@]3(C)C(=C1C(C(C)C)C(=O)C2)CC[C@@H]1[C@@]2(C)CC[C@H](OC(=O)CC(C)(C)C(=O)O)C(C)(C)[C@@H]2CC[C@]13C. The molecule has 5 aliphatic rings. The minimum absolute atomic E-state index is 0.0224. The second-order valence-electron chi connectivity index (χ2n) is 17.6. The van der Waals surface area contributed by atoms with E-state index in [2.05, 4.69) is 53.8 Å². The number of ether oxygens (including phenoxy) is 2. The molecule has 252 valence electrons. The van der Waals surface area contributed by atoms with Crippen molar-refractivity contribution in [3.63, 3.8) is 0 Å². The molecule has 0 saturated heterocycles. The Morgan fingerprint density at radius 1 is 0.978 bits per heavy atom. The minimum Gasteiger partial charge on any atom is -0.481 e. The van der Waals surface area contributed by atoms with Crippen LogP contribution < -0.4 is 5.32 Å². The number of carboxylic acids is 1. The van der Waals surface area contributed by atoms with Crippen LogP contribution in [0.15, 0.2) is 11.1 Å². The monoisotopic (exact) mass is 627 g/mol. The largest absolute Gasteiger partial charge is 0.481 e. The molecular weight excluding hydrogens is 570 g/mol. The fourth-order valence-electron chi connectivity index (χ4n) is 11.7. The van der Waals surface area contributed by atoms with Crippen molar-refractivity contribution >= 4 is 23.8 Å². The van der Waals surface area contributed by atoms with Crippen molar-refractivity contribution in [3.05, 3.63) is 11.1 Å². The highest BCUT2D eigenvalue weighted by Crippen LogP contribution is 2.75. The molecular formula is C37H57NO7. The third-order valence-electron chi connectivity index (χ3n) is 14.3. The predicted molar refractivity (Wildman–Crippen MR) is 171 cm³/mol. The van der Waals surface area contributed by atoms with E-state index in [1.54, 1.807) is 13.8 Å². The summed E-state index contributed by atoms with van der Waals surface area (Å²) in [7, 11) is 1.39. The van der Waals surface area contributed by atoms with Gasteiger partial charge >= 0.3 is 18.0 Å². The van der Waals surface area contributed by atoms with Crippen LogP contribution in [0.25, 0.3) is 0 Å². The Labute approximate surface area is 269 Å². The van der Waals surface area contributed by atoms with Gasteiger partial charge in [-0.3, -0.25) is 14.4 Å². The number of hydrogen-bond donors (Lipinski definition) is 2. The van der Waals surface area contributed by atoms with Crippen molar-refractivity contribution in [1.82, 2.24) is 5.32 Å². The van der Waals surface area contributed by atoms with Crippen LogP contribution in [0.1, 0.15) is 127 Å². The molecule has 4 fully saturated rings. The molecule has 0 spiro atoms. The van der Waals surface area contributed by atoms with Gasteiger partial charge in [0.05, 0.1) is 24.5 Å². The van der Waals surface area contributed by atoms with Crippen LogP contribution in [0.3, 0.4) is 0 Å². The van der Waals surface area contributed by atoms with Crippen LogP contribution in [0.4, 0.5) is 4.79 Å². The fraction of sp³-hybridized carbons (Fsp3) is 0.838. The number of alkyl carbamates (subject to hydrolysis) is 1. The summed E-state index contributed by atoms with van der Waals surface area (Å²) < 4.78 is 11.2. The summed E-state index contributed by atoms with van der Waals surface area (Å²) in [5.41, 5.74) is 0.528. The van der Waals surface area contributed by atoms with Gasteiger partial charge < -0.3 is 19.9 Å². The third kappa shape index (κ3) is 4.89. The lowest BCUT2D eigenvalue weighted by Gasteiger charge is -2.70. The number of esters is 1. The van der Waals surface area contributed by atoms with Gasteiger partial charge in [-0.1, -0.05) is 54.0 Å². The lowest BCUT2D eigenvalue weighted by Crippen LogP contribution is -2.65. The molecule has 5 aliphatic carbocycles. The summed E-state index contributed by atoms with van der Waals surface area (Å²) in [6.45, 7) is 19.3. The average Bonchev–Trinajstić information content (AvgIpc) is 3.22. The van der Waals surface area contributed by atoms with Crippen LogP contribution in [-0.2, 0) is 23.9 Å². The van der Waals surface area contributed by atoms with Crippen LogP contribution in [0, 0.1) is 50.7 Å². The number of ketones is 1. The molecule has 1 amide bonds. The fourth-order valence-corrected chi connectivity index (χ4v) is 11.7. The Kier molecular flexibility index (Phi) is 8.18. The van der Waals surface area contributed by atoms with Crippen molar-refractivity contribution in [2.24, 2.45) is 50.7 Å².